The van der Waals surface area contributed by atoms with Gasteiger partial charge in [0, 0.05) is 54.7 Å². The van der Waals surface area contributed by atoms with Crippen molar-refractivity contribution in [2.45, 2.75) is 122 Å². The lowest BCUT2D eigenvalue weighted by molar-refractivity contribution is -0.199. The van der Waals surface area contributed by atoms with Crippen LogP contribution in [-0.4, -0.2) is 57.0 Å². The van der Waals surface area contributed by atoms with E-state index in [2.05, 4.69) is 54.6 Å². The summed E-state index contributed by atoms with van der Waals surface area (Å²) in [6, 6.07) is 0. The van der Waals surface area contributed by atoms with Crippen LogP contribution < -0.4 is 0 Å². The minimum Gasteiger partial charge on any atom is -0.353 e. The fourth-order valence-corrected chi connectivity index (χ4v) is 8.13. The van der Waals surface area contributed by atoms with Gasteiger partial charge in [-0.2, -0.15) is 0 Å². The third kappa shape index (κ3) is 6.87. The van der Waals surface area contributed by atoms with Crippen LogP contribution in [0.5, 0.6) is 0 Å². The largest absolute Gasteiger partial charge is 0.353 e. The molecule has 2 aliphatic carbocycles. The van der Waals surface area contributed by atoms with E-state index in [1.165, 1.54) is 6.42 Å². The van der Waals surface area contributed by atoms with Crippen LogP contribution in [0.2, 0.25) is 0 Å². The van der Waals surface area contributed by atoms with Crippen molar-refractivity contribution in [3.63, 3.8) is 0 Å². The third-order valence-electron chi connectivity index (χ3n) is 9.05. The summed E-state index contributed by atoms with van der Waals surface area (Å²) < 4.78 is 38.8. The smallest absolute Gasteiger partial charge is 0.169 e. The van der Waals surface area contributed by atoms with Crippen molar-refractivity contribution in [1.82, 2.24) is 0 Å². The molecule has 0 bridgehead atoms. The van der Waals surface area contributed by atoms with Crippen molar-refractivity contribution in [3.8, 4) is 11.8 Å². The zero-order valence-electron chi connectivity index (χ0n) is 23.6. The number of hydrogen-bond acceptors (Lipinski definition) is 6. The molecule has 5 aliphatic rings. The van der Waals surface area contributed by atoms with Gasteiger partial charge in [0.25, 0.3) is 0 Å². The van der Waals surface area contributed by atoms with Crippen molar-refractivity contribution in [3.05, 3.63) is 10.6 Å². The molecule has 5 rings (SSSR count). The highest BCUT2D eigenvalue weighted by molar-refractivity contribution is 9.11. The van der Waals surface area contributed by atoms with Gasteiger partial charge in [-0.25, -0.2) is 0 Å². The molecule has 0 aromatic rings. The summed E-state index contributed by atoms with van der Waals surface area (Å²) in [5, 5.41) is 0. The molecule has 5 fully saturated rings. The van der Waals surface area contributed by atoms with Crippen LogP contribution in [0.1, 0.15) is 91.4 Å². The predicted octanol–water partition coefficient (Wildman–Crippen LogP) is 6.71. The SMILES string of the molecule is CCC#CCC(C)(C)[C@H](OC1CCCCO1)C(Br)=C[C@@H]1[C@H]2CC3(C[C@H]2C[C@H]1OC1CCCCO1)OCCO3. The van der Waals surface area contributed by atoms with E-state index in [0.29, 0.717) is 25.0 Å². The van der Waals surface area contributed by atoms with E-state index in [0.717, 1.165) is 81.9 Å². The standard InChI is InChI=1S/C31H47BrO6/c1-4-5-8-13-30(2,3)29(38-28-12-7-10-15-34-28)25(32)19-23-24-21-31(35-16-17-36-31)20-22(24)18-26(23)37-27-11-6-9-14-33-27/h19,22-24,26-29H,4,6-7,9-18,20-21H2,1-3H3/t22-,23-,24+,26-,27?,28?,29-/m1/s1. The van der Waals surface area contributed by atoms with Gasteiger partial charge in [0.05, 0.1) is 25.4 Å². The Balaban J connectivity index is 1.39. The van der Waals surface area contributed by atoms with Crippen LogP contribution in [0.3, 0.4) is 0 Å². The van der Waals surface area contributed by atoms with Gasteiger partial charge in [-0.3, -0.25) is 0 Å². The van der Waals surface area contributed by atoms with Crippen LogP contribution in [0.4, 0.5) is 0 Å². The van der Waals surface area contributed by atoms with Gasteiger partial charge in [-0.1, -0.05) is 42.8 Å². The average Bonchev–Trinajstić information content (AvgIpc) is 3.60. The van der Waals surface area contributed by atoms with E-state index in [1.807, 2.05) is 0 Å². The molecule has 38 heavy (non-hydrogen) atoms. The molecule has 0 aromatic carbocycles. The molecule has 3 saturated heterocycles. The molecular formula is C31H47BrO6. The fourth-order valence-electron chi connectivity index (χ4n) is 7.10. The first-order chi connectivity index (χ1) is 18.4. The molecule has 3 aliphatic heterocycles. The molecule has 2 unspecified atom stereocenters. The highest BCUT2D eigenvalue weighted by Gasteiger charge is 2.57. The number of rotatable bonds is 8. The van der Waals surface area contributed by atoms with Crippen LogP contribution in [0.15, 0.2) is 10.6 Å². The van der Waals surface area contributed by atoms with Crippen LogP contribution in [-0.2, 0) is 28.4 Å². The van der Waals surface area contributed by atoms with E-state index in [-0.39, 0.29) is 36.1 Å². The average molecular weight is 596 g/mol. The number of ether oxygens (including phenoxy) is 6. The molecule has 0 N–H and O–H groups in total. The highest BCUT2D eigenvalue weighted by atomic mass is 79.9. The lowest BCUT2D eigenvalue weighted by Crippen LogP contribution is -2.38. The Labute approximate surface area is 238 Å². The molecule has 6 nitrogen and oxygen atoms in total. The van der Waals surface area contributed by atoms with E-state index in [1.54, 1.807) is 0 Å². The van der Waals surface area contributed by atoms with Crippen molar-refractivity contribution in [1.29, 1.82) is 0 Å². The van der Waals surface area contributed by atoms with Gasteiger partial charge >= 0.3 is 0 Å². The normalized spacial score (nSPS) is 36.2. The van der Waals surface area contributed by atoms with Gasteiger partial charge in [-0.05, 0) is 56.8 Å². The zero-order chi connectivity index (χ0) is 26.6. The van der Waals surface area contributed by atoms with Gasteiger partial charge in [0.2, 0.25) is 0 Å². The molecule has 214 valence electrons. The molecule has 1 spiro atoms. The van der Waals surface area contributed by atoms with Crippen molar-refractivity contribution in [2.24, 2.45) is 23.2 Å². The molecule has 2 saturated carbocycles. The molecule has 0 amide bonds. The zero-order valence-corrected chi connectivity index (χ0v) is 25.1. The molecule has 0 radical (unpaired) electrons. The summed E-state index contributed by atoms with van der Waals surface area (Å²) in [5.41, 5.74) is -0.187. The monoisotopic (exact) mass is 594 g/mol. The number of fused-ring (bicyclic) bond motifs is 1. The Morgan fingerprint density at radius 3 is 2.37 bits per heavy atom. The fraction of sp³-hybridized carbons (Fsp3) is 0.871. The lowest BCUT2D eigenvalue weighted by Gasteiger charge is -2.37. The topological polar surface area (TPSA) is 55.4 Å². The van der Waals surface area contributed by atoms with Crippen LogP contribution in [0.25, 0.3) is 0 Å². The minimum absolute atomic E-state index is 0.0985. The van der Waals surface area contributed by atoms with Gasteiger partial charge < -0.3 is 28.4 Å². The summed E-state index contributed by atoms with van der Waals surface area (Å²) in [6.07, 6.45) is 13.1. The second-order valence-corrected chi connectivity index (χ2v) is 13.4. The van der Waals surface area contributed by atoms with E-state index >= 15 is 0 Å². The van der Waals surface area contributed by atoms with E-state index < -0.39 is 5.79 Å². The maximum absolute atomic E-state index is 6.73. The quantitative estimate of drug-likeness (QED) is 0.291. The van der Waals surface area contributed by atoms with Gasteiger partial charge in [0.1, 0.15) is 0 Å². The number of hydrogen-bond donors (Lipinski definition) is 0. The molecule has 3 heterocycles. The van der Waals surface area contributed by atoms with Crippen molar-refractivity contribution in [2.75, 3.05) is 26.4 Å². The van der Waals surface area contributed by atoms with E-state index in [4.69, 9.17) is 28.4 Å². The second kappa shape index (κ2) is 13.0. The first-order valence-electron chi connectivity index (χ1n) is 15.0. The maximum Gasteiger partial charge on any atom is 0.169 e. The summed E-state index contributed by atoms with van der Waals surface area (Å²) in [7, 11) is 0. The summed E-state index contributed by atoms with van der Waals surface area (Å²) in [4.78, 5) is 0. The van der Waals surface area contributed by atoms with Crippen LogP contribution >= 0.6 is 15.9 Å². The predicted molar refractivity (Wildman–Crippen MR) is 149 cm³/mol. The van der Waals surface area contributed by atoms with Gasteiger partial charge in [-0.15, -0.1) is 11.8 Å². The Bertz CT molecular complexity index is 859. The number of halogens is 1. The Morgan fingerprint density at radius 2 is 1.71 bits per heavy atom. The third-order valence-corrected chi connectivity index (χ3v) is 9.73. The molecule has 0 aromatic heterocycles. The van der Waals surface area contributed by atoms with Gasteiger partial charge in [0.15, 0.2) is 18.4 Å². The second-order valence-electron chi connectivity index (χ2n) is 12.5. The first kappa shape index (κ1) is 29.0. The Hall–Kier alpha value is -0.460. The highest BCUT2D eigenvalue weighted by Crippen LogP contribution is 2.56. The first-order valence-corrected chi connectivity index (χ1v) is 15.8. The Kier molecular flexibility index (Phi) is 9.95. The van der Waals surface area contributed by atoms with Crippen molar-refractivity contribution >= 4 is 15.9 Å². The molecule has 7 heteroatoms. The lowest BCUT2D eigenvalue weighted by atomic mass is 9.81. The molecule has 7 atom stereocenters. The van der Waals surface area contributed by atoms with Crippen molar-refractivity contribution < 1.29 is 28.4 Å². The Morgan fingerprint density at radius 1 is 1.00 bits per heavy atom. The summed E-state index contributed by atoms with van der Waals surface area (Å²) >= 11 is 4.03. The summed E-state index contributed by atoms with van der Waals surface area (Å²) in [5.74, 6) is 7.44. The summed E-state index contributed by atoms with van der Waals surface area (Å²) in [6.45, 7) is 9.56. The maximum atomic E-state index is 6.73. The minimum atomic E-state index is -0.402. The van der Waals surface area contributed by atoms with Crippen LogP contribution in [0, 0.1) is 35.0 Å². The molecular weight excluding hydrogens is 548 g/mol. The van der Waals surface area contributed by atoms with E-state index in [9.17, 15) is 0 Å².